The predicted molar refractivity (Wildman–Crippen MR) is 118 cm³/mol. The first-order chi connectivity index (χ1) is 14.4. The molecule has 0 heterocycles. The number of unbranched alkanes of at least 4 members (excludes halogenated alkanes) is 9. The Morgan fingerprint density at radius 3 is 1.97 bits per heavy atom. The van der Waals surface area contributed by atoms with E-state index in [9.17, 15) is 18.1 Å². The van der Waals surface area contributed by atoms with E-state index in [-0.39, 0.29) is 57.1 Å². The summed E-state index contributed by atoms with van der Waals surface area (Å²) in [5, 5.41) is 12.5. The average Bonchev–Trinajstić information content (AvgIpc) is 2.71. The SMILES string of the molecule is CCCCCCCCCCCCc1cc(Oc2ccccc2)c([O-])c(S(=O)(=O)O)c1.[K+]. The maximum atomic E-state index is 12.5. The maximum Gasteiger partial charge on any atom is 1.00 e. The molecule has 5 nitrogen and oxygen atoms in total. The van der Waals surface area contributed by atoms with Gasteiger partial charge >= 0.3 is 51.4 Å². The Kier molecular flexibility index (Phi) is 14.2. The fourth-order valence-electron chi connectivity index (χ4n) is 3.47. The molecule has 2 aromatic rings. The van der Waals surface area contributed by atoms with Gasteiger partial charge in [-0.1, -0.05) is 82.9 Å². The molecule has 166 valence electrons. The monoisotopic (exact) mass is 472 g/mol. The zero-order valence-corrected chi connectivity index (χ0v) is 22.7. The first-order valence-corrected chi connectivity index (χ1v) is 12.4. The molecule has 2 rings (SSSR count). The van der Waals surface area contributed by atoms with Crippen LogP contribution in [-0.4, -0.2) is 13.0 Å². The van der Waals surface area contributed by atoms with Crippen molar-refractivity contribution in [3.05, 3.63) is 48.0 Å². The summed E-state index contributed by atoms with van der Waals surface area (Å²) in [7, 11) is -4.62. The molecule has 0 amide bonds. The molecular weight excluding hydrogens is 439 g/mol. The van der Waals surface area contributed by atoms with Gasteiger partial charge in [0.15, 0.2) is 0 Å². The van der Waals surface area contributed by atoms with Crippen molar-refractivity contribution in [1.82, 2.24) is 0 Å². The van der Waals surface area contributed by atoms with Gasteiger partial charge in [0.2, 0.25) is 0 Å². The normalized spacial score (nSPS) is 11.2. The summed E-state index contributed by atoms with van der Waals surface area (Å²) in [6.07, 6.45) is 12.7. The van der Waals surface area contributed by atoms with E-state index in [0.29, 0.717) is 17.7 Å². The molecule has 0 saturated heterocycles. The Balaban J connectivity index is 0.00000480. The summed E-state index contributed by atoms with van der Waals surface area (Å²) in [5.41, 5.74) is 0.674. The van der Waals surface area contributed by atoms with Gasteiger partial charge in [-0.2, -0.15) is 8.42 Å². The van der Waals surface area contributed by atoms with Gasteiger partial charge in [0.1, 0.15) is 11.5 Å². The van der Waals surface area contributed by atoms with E-state index in [1.54, 1.807) is 30.3 Å². The summed E-state index contributed by atoms with van der Waals surface area (Å²) in [4.78, 5) is -0.627. The summed E-state index contributed by atoms with van der Waals surface area (Å²) in [5.74, 6) is -0.474. The van der Waals surface area contributed by atoms with Crippen molar-refractivity contribution in [2.75, 3.05) is 0 Å². The van der Waals surface area contributed by atoms with Crippen molar-refractivity contribution >= 4 is 10.1 Å². The van der Waals surface area contributed by atoms with Crippen molar-refractivity contribution in [3.63, 3.8) is 0 Å². The van der Waals surface area contributed by atoms with Crippen LogP contribution in [-0.2, 0) is 16.5 Å². The minimum Gasteiger partial charge on any atom is -0.869 e. The van der Waals surface area contributed by atoms with E-state index in [0.717, 1.165) is 19.3 Å². The second-order valence-corrected chi connectivity index (χ2v) is 9.13. The molecule has 0 bridgehead atoms. The van der Waals surface area contributed by atoms with Crippen molar-refractivity contribution < 1.29 is 74.2 Å². The van der Waals surface area contributed by atoms with E-state index in [4.69, 9.17) is 4.74 Å². The van der Waals surface area contributed by atoms with Crippen LogP contribution in [0.2, 0.25) is 0 Å². The molecule has 0 aliphatic rings. The number of aryl methyl sites for hydroxylation is 1. The molecule has 0 spiro atoms. The quantitative estimate of drug-likeness (QED) is 0.259. The Labute approximate surface area is 229 Å². The molecule has 0 aromatic heterocycles. The molecule has 0 atom stereocenters. The largest absolute Gasteiger partial charge is 1.00 e. The Hall–Kier alpha value is -0.414. The van der Waals surface area contributed by atoms with Gasteiger partial charge in [-0.15, -0.1) is 0 Å². The molecule has 0 saturated carbocycles. The van der Waals surface area contributed by atoms with Crippen LogP contribution < -0.4 is 61.2 Å². The number of ether oxygens (including phenoxy) is 1. The molecule has 1 N–H and O–H groups in total. The molecule has 0 unspecified atom stereocenters. The van der Waals surface area contributed by atoms with E-state index in [1.165, 1.54) is 51.0 Å². The summed E-state index contributed by atoms with van der Waals surface area (Å²) >= 11 is 0. The van der Waals surface area contributed by atoms with Gasteiger partial charge in [0.05, 0.1) is 4.90 Å². The minimum atomic E-state index is -4.62. The second-order valence-electron chi connectivity index (χ2n) is 7.74. The van der Waals surface area contributed by atoms with E-state index < -0.39 is 20.8 Å². The Morgan fingerprint density at radius 1 is 0.871 bits per heavy atom. The molecule has 0 aliphatic carbocycles. The minimum absolute atomic E-state index is 0. The molecule has 31 heavy (non-hydrogen) atoms. The molecular formula is C24H33KO5S. The third-order valence-electron chi connectivity index (χ3n) is 5.15. The van der Waals surface area contributed by atoms with Crippen molar-refractivity contribution in [3.8, 4) is 17.2 Å². The number of para-hydroxylation sites is 1. The second kappa shape index (κ2) is 15.4. The van der Waals surface area contributed by atoms with Gasteiger partial charge in [-0.05, 0) is 48.4 Å². The molecule has 0 aliphatic heterocycles. The van der Waals surface area contributed by atoms with Gasteiger partial charge in [0.25, 0.3) is 10.1 Å². The number of rotatable bonds is 14. The van der Waals surface area contributed by atoms with Crippen LogP contribution in [0.5, 0.6) is 17.2 Å². The van der Waals surface area contributed by atoms with E-state index >= 15 is 0 Å². The molecule has 2 aromatic carbocycles. The number of hydrogen-bond acceptors (Lipinski definition) is 4. The smallest absolute Gasteiger partial charge is 0.869 e. The average molecular weight is 473 g/mol. The fraction of sp³-hybridized carbons (Fsp3) is 0.500. The van der Waals surface area contributed by atoms with Crippen LogP contribution >= 0.6 is 0 Å². The number of benzene rings is 2. The summed E-state index contributed by atoms with van der Waals surface area (Å²) in [6, 6.07) is 11.6. The van der Waals surface area contributed by atoms with Crippen molar-refractivity contribution in [2.45, 2.75) is 82.4 Å². The van der Waals surface area contributed by atoms with Crippen LogP contribution in [0.4, 0.5) is 0 Å². The first kappa shape index (κ1) is 28.6. The topological polar surface area (TPSA) is 86.7 Å². The first-order valence-electron chi connectivity index (χ1n) is 11.0. The third-order valence-corrected chi connectivity index (χ3v) is 6.01. The number of hydrogen-bond donors (Lipinski definition) is 1. The van der Waals surface area contributed by atoms with Crippen LogP contribution in [0.3, 0.4) is 0 Å². The fourth-order valence-corrected chi connectivity index (χ4v) is 4.11. The third kappa shape index (κ3) is 10.8. The zero-order chi connectivity index (χ0) is 21.8. The van der Waals surface area contributed by atoms with E-state index in [2.05, 4.69) is 6.92 Å². The maximum absolute atomic E-state index is 12.5. The zero-order valence-electron chi connectivity index (χ0n) is 18.8. The van der Waals surface area contributed by atoms with Crippen LogP contribution in [0.15, 0.2) is 47.4 Å². The van der Waals surface area contributed by atoms with Gasteiger partial charge in [-0.25, -0.2) is 0 Å². The standard InChI is InChI=1S/C24H34O5S.K/c1-2-3-4-5-6-7-8-9-10-12-15-20-18-22(29-21-16-13-11-14-17-21)24(25)23(19-20)30(26,27)28;/h11,13-14,16-19,25H,2-10,12,15H2,1H3,(H,26,27,28);/q;+1/p-1. The summed E-state index contributed by atoms with van der Waals surface area (Å²) < 4.78 is 38.4. The van der Waals surface area contributed by atoms with Crippen LogP contribution in [0.25, 0.3) is 0 Å². The predicted octanol–water partition coefficient (Wildman–Crippen LogP) is 3.27. The Bertz CT molecular complexity index is 869. The molecule has 0 fully saturated rings. The molecule has 7 heteroatoms. The van der Waals surface area contributed by atoms with Gasteiger partial charge < -0.3 is 9.84 Å². The van der Waals surface area contributed by atoms with Gasteiger partial charge in [0, 0.05) is 0 Å². The van der Waals surface area contributed by atoms with Crippen LogP contribution in [0.1, 0.15) is 76.7 Å². The van der Waals surface area contributed by atoms with E-state index in [1.807, 2.05) is 6.07 Å². The summed E-state index contributed by atoms with van der Waals surface area (Å²) in [6.45, 7) is 2.22. The van der Waals surface area contributed by atoms with Crippen molar-refractivity contribution in [2.24, 2.45) is 0 Å². The Morgan fingerprint density at radius 2 is 1.42 bits per heavy atom. The van der Waals surface area contributed by atoms with Gasteiger partial charge in [-0.3, -0.25) is 4.55 Å². The molecule has 0 radical (unpaired) electrons. The van der Waals surface area contributed by atoms with Crippen molar-refractivity contribution in [1.29, 1.82) is 0 Å². The van der Waals surface area contributed by atoms with Crippen LogP contribution in [0, 0.1) is 0 Å².